The van der Waals surface area contributed by atoms with Crippen molar-refractivity contribution < 1.29 is 0 Å². The number of rotatable bonds is 6. The van der Waals surface area contributed by atoms with E-state index in [1.54, 1.807) is 11.8 Å². The van der Waals surface area contributed by atoms with E-state index in [9.17, 15) is 0 Å². The van der Waals surface area contributed by atoms with Crippen LogP contribution in [0.4, 0.5) is 0 Å². The molecule has 0 atom stereocenters. The van der Waals surface area contributed by atoms with E-state index >= 15 is 0 Å². The Balaban J connectivity index is 1.79. The van der Waals surface area contributed by atoms with E-state index in [0.29, 0.717) is 0 Å². The highest BCUT2D eigenvalue weighted by atomic mass is 32.2. The first-order valence-corrected chi connectivity index (χ1v) is 8.26. The smallest absolute Gasteiger partial charge is 0.209 e. The standard InChI is InChI=1S/C15H19N5S/c1-3-20(4-2)9-10-21-15-17-13-11-7-5-6-8-12(11)16-14(13)18-19-15/h5-8H,3-4,9-10H2,1-2H3,(H,16,18). The summed E-state index contributed by atoms with van der Waals surface area (Å²) in [4.78, 5) is 10.3. The van der Waals surface area contributed by atoms with Gasteiger partial charge in [-0.15, -0.1) is 10.2 Å². The van der Waals surface area contributed by atoms with Crippen LogP contribution < -0.4 is 0 Å². The Morgan fingerprint density at radius 3 is 2.76 bits per heavy atom. The lowest BCUT2D eigenvalue weighted by Gasteiger charge is -2.16. The van der Waals surface area contributed by atoms with Crippen molar-refractivity contribution in [2.45, 2.75) is 19.0 Å². The fourth-order valence-electron chi connectivity index (χ4n) is 2.38. The summed E-state index contributed by atoms with van der Waals surface area (Å²) in [6.45, 7) is 7.58. The molecule has 0 aliphatic heterocycles. The fraction of sp³-hybridized carbons (Fsp3) is 0.400. The molecule has 21 heavy (non-hydrogen) atoms. The van der Waals surface area contributed by atoms with Crippen LogP contribution in [0.25, 0.3) is 22.1 Å². The number of hydrogen-bond donors (Lipinski definition) is 1. The lowest BCUT2D eigenvalue weighted by molar-refractivity contribution is 0.324. The molecular weight excluding hydrogens is 282 g/mol. The lowest BCUT2D eigenvalue weighted by atomic mass is 10.2. The summed E-state index contributed by atoms with van der Waals surface area (Å²) in [6.07, 6.45) is 0. The highest BCUT2D eigenvalue weighted by Crippen LogP contribution is 2.23. The second-order valence-corrected chi connectivity index (χ2v) is 5.90. The topological polar surface area (TPSA) is 57.7 Å². The van der Waals surface area contributed by atoms with Gasteiger partial charge >= 0.3 is 0 Å². The van der Waals surface area contributed by atoms with Crippen LogP contribution in [0.3, 0.4) is 0 Å². The molecule has 0 bridgehead atoms. The summed E-state index contributed by atoms with van der Waals surface area (Å²) in [6, 6.07) is 8.12. The predicted octanol–water partition coefficient (Wildman–Crippen LogP) is 2.94. The summed E-state index contributed by atoms with van der Waals surface area (Å²) < 4.78 is 0. The summed E-state index contributed by atoms with van der Waals surface area (Å²) in [5.74, 6) is 0.983. The molecule has 1 N–H and O–H groups in total. The SMILES string of the molecule is CCN(CC)CCSc1nnc2[nH]c3ccccc3c2n1. The van der Waals surface area contributed by atoms with E-state index in [4.69, 9.17) is 0 Å². The Kier molecular flexibility index (Phi) is 4.36. The van der Waals surface area contributed by atoms with Gasteiger partial charge in [-0.1, -0.05) is 43.8 Å². The fourth-order valence-corrected chi connectivity index (χ4v) is 3.16. The maximum atomic E-state index is 4.65. The van der Waals surface area contributed by atoms with Gasteiger partial charge in [-0.25, -0.2) is 4.98 Å². The van der Waals surface area contributed by atoms with Crippen LogP contribution in [-0.4, -0.2) is 50.5 Å². The molecule has 0 saturated carbocycles. The number of nitrogens with zero attached hydrogens (tertiary/aromatic N) is 4. The van der Waals surface area contributed by atoms with Gasteiger partial charge < -0.3 is 9.88 Å². The molecule has 0 fully saturated rings. The van der Waals surface area contributed by atoms with Crippen LogP contribution in [0.5, 0.6) is 0 Å². The third kappa shape index (κ3) is 3.01. The van der Waals surface area contributed by atoms with Gasteiger partial charge in [0, 0.05) is 23.2 Å². The number of thioether (sulfide) groups is 1. The quantitative estimate of drug-likeness (QED) is 0.709. The molecule has 0 spiro atoms. The molecule has 5 nitrogen and oxygen atoms in total. The molecular formula is C15H19N5S. The molecule has 110 valence electrons. The first kappa shape index (κ1) is 14.3. The average molecular weight is 301 g/mol. The summed E-state index contributed by atoms with van der Waals surface area (Å²) >= 11 is 1.67. The Morgan fingerprint density at radius 2 is 1.95 bits per heavy atom. The van der Waals surface area contributed by atoms with Crippen molar-refractivity contribution in [3.63, 3.8) is 0 Å². The molecule has 3 aromatic rings. The highest BCUT2D eigenvalue weighted by molar-refractivity contribution is 7.99. The molecule has 2 aromatic heterocycles. The van der Waals surface area contributed by atoms with Gasteiger partial charge in [-0.05, 0) is 19.2 Å². The third-order valence-corrected chi connectivity index (χ3v) is 4.45. The van der Waals surface area contributed by atoms with E-state index in [1.165, 1.54) is 0 Å². The average Bonchev–Trinajstić information content (AvgIpc) is 2.90. The van der Waals surface area contributed by atoms with E-state index < -0.39 is 0 Å². The first-order chi connectivity index (χ1) is 10.3. The Morgan fingerprint density at radius 1 is 1.14 bits per heavy atom. The second-order valence-electron chi connectivity index (χ2n) is 4.84. The number of aromatic nitrogens is 4. The maximum Gasteiger partial charge on any atom is 0.209 e. The van der Waals surface area contributed by atoms with Gasteiger partial charge in [-0.3, -0.25) is 0 Å². The lowest BCUT2D eigenvalue weighted by Crippen LogP contribution is -2.25. The van der Waals surface area contributed by atoms with Crippen LogP contribution in [0.2, 0.25) is 0 Å². The molecule has 0 unspecified atom stereocenters. The molecule has 3 rings (SSSR count). The summed E-state index contributed by atoms with van der Waals surface area (Å²) in [5, 5.41) is 10.3. The molecule has 0 amide bonds. The van der Waals surface area contributed by atoms with E-state index in [0.717, 1.165) is 52.6 Å². The number of fused-ring (bicyclic) bond motifs is 3. The number of hydrogen-bond acceptors (Lipinski definition) is 5. The van der Waals surface area contributed by atoms with Gasteiger partial charge in [-0.2, -0.15) is 0 Å². The van der Waals surface area contributed by atoms with Crippen LogP contribution in [0.1, 0.15) is 13.8 Å². The molecule has 0 aliphatic carbocycles. The van der Waals surface area contributed by atoms with Crippen molar-refractivity contribution in [2.24, 2.45) is 0 Å². The molecule has 0 aliphatic rings. The third-order valence-electron chi connectivity index (χ3n) is 3.64. The van der Waals surface area contributed by atoms with Crippen molar-refractivity contribution in [2.75, 3.05) is 25.4 Å². The van der Waals surface area contributed by atoms with Crippen molar-refractivity contribution in [1.29, 1.82) is 0 Å². The number of benzene rings is 1. The zero-order valence-electron chi connectivity index (χ0n) is 12.3. The number of aromatic amines is 1. The Bertz CT molecular complexity index is 735. The highest BCUT2D eigenvalue weighted by Gasteiger charge is 2.09. The van der Waals surface area contributed by atoms with Gasteiger partial charge in [0.2, 0.25) is 5.16 Å². The van der Waals surface area contributed by atoms with Gasteiger partial charge in [0.1, 0.15) is 5.52 Å². The molecule has 0 saturated heterocycles. The Hall–Kier alpha value is -1.66. The molecule has 6 heteroatoms. The van der Waals surface area contributed by atoms with Crippen LogP contribution in [0, 0.1) is 0 Å². The number of para-hydroxylation sites is 1. The minimum atomic E-state index is 0.749. The van der Waals surface area contributed by atoms with Crippen molar-refractivity contribution in [3.05, 3.63) is 24.3 Å². The number of nitrogens with one attached hydrogen (secondary N) is 1. The van der Waals surface area contributed by atoms with Crippen molar-refractivity contribution >= 4 is 33.8 Å². The minimum absolute atomic E-state index is 0.749. The number of H-pyrrole nitrogens is 1. The maximum absolute atomic E-state index is 4.65. The zero-order chi connectivity index (χ0) is 14.7. The van der Waals surface area contributed by atoms with Gasteiger partial charge in [0.25, 0.3) is 0 Å². The first-order valence-electron chi connectivity index (χ1n) is 7.28. The molecule has 0 radical (unpaired) electrons. The largest absolute Gasteiger partial charge is 0.336 e. The van der Waals surface area contributed by atoms with E-state index in [-0.39, 0.29) is 0 Å². The summed E-state index contributed by atoms with van der Waals surface area (Å²) in [5.41, 5.74) is 2.72. The predicted molar refractivity (Wildman–Crippen MR) is 87.7 cm³/mol. The summed E-state index contributed by atoms with van der Waals surface area (Å²) in [7, 11) is 0. The van der Waals surface area contributed by atoms with Gasteiger partial charge in [0.05, 0.1) is 0 Å². The van der Waals surface area contributed by atoms with Crippen molar-refractivity contribution in [3.8, 4) is 0 Å². The molecule has 1 aromatic carbocycles. The zero-order valence-corrected chi connectivity index (χ0v) is 13.2. The second kappa shape index (κ2) is 6.41. The minimum Gasteiger partial charge on any atom is -0.336 e. The monoisotopic (exact) mass is 301 g/mol. The van der Waals surface area contributed by atoms with E-state index in [2.05, 4.69) is 45.0 Å². The van der Waals surface area contributed by atoms with Gasteiger partial charge in [0.15, 0.2) is 5.65 Å². The van der Waals surface area contributed by atoms with Crippen LogP contribution in [-0.2, 0) is 0 Å². The van der Waals surface area contributed by atoms with Crippen LogP contribution >= 0.6 is 11.8 Å². The van der Waals surface area contributed by atoms with Crippen molar-refractivity contribution in [1.82, 2.24) is 25.1 Å². The molecule has 2 heterocycles. The van der Waals surface area contributed by atoms with Crippen LogP contribution in [0.15, 0.2) is 29.4 Å². The normalized spacial score (nSPS) is 11.8. The Labute approximate surface area is 128 Å². The van der Waals surface area contributed by atoms with E-state index in [1.807, 2.05) is 18.2 Å².